The first-order valence-electron chi connectivity index (χ1n) is 6.14. The summed E-state index contributed by atoms with van der Waals surface area (Å²) in [6.45, 7) is 2.35. The number of alkyl halides is 1. The molecule has 0 aromatic carbocycles. The molecule has 0 fully saturated rings. The van der Waals surface area contributed by atoms with Crippen molar-refractivity contribution < 1.29 is 9.26 Å². The predicted molar refractivity (Wildman–Crippen MR) is 74.0 cm³/mol. The Morgan fingerprint density at radius 2 is 2.20 bits per heavy atom. The normalized spacial score (nSPS) is 12.8. The third-order valence-corrected chi connectivity index (χ3v) is 3.16. The molecule has 1 unspecified atom stereocenters. The van der Waals surface area contributed by atoms with E-state index < -0.39 is 0 Å². The van der Waals surface area contributed by atoms with E-state index in [9.17, 15) is 0 Å². The lowest BCUT2D eigenvalue weighted by Crippen LogP contribution is -2.06. The van der Waals surface area contributed by atoms with Crippen LogP contribution in [-0.4, -0.2) is 26.8 Å². The third-order valence-electron chi connectivity index (χ3n) is 2.97. The smallest absolute Gasteiger partial charge is 0.215 e. The Morgan fingerprint density at radius 1 is 1.35 bits per heavy atom. The van der Waals surface area contributed by atoms with Crippen LogP contribution < -0.4 is 4.74 Å². The van der Waals surface area contributed by atoms with E-state index in [0.29, 0.717) is 23.8 Å². The van der Waals surface area contributed by atoms with Crippen LogP contribution >= 0.6 is 11.6 Å². The van der Waals surface area contributed by atoms with Crippen LogP contribution in [0, 0.1) is 0 Å². The maximum atomic E-state index is 6.21. The maximum absolute atomic E-state index is 6.21. The molecule has 1 atom stereocenters. The van der Waals surface area contributed by atoms with Gasteiger partial charge >= 0.3 is 0 Å². The van der Waals surface area contributed by atoms with Crippen LogP contribution in [0.15, 0.2) is 28.9 Å². The third kappa shape index (κ3) is 2.22. The van der Waals surface area contributed by atoms with Crippen LogP contribution in [-0.2, 0) is 6.54 Å². The van der Waals surface area contributed by atoms with Gasteiger partial charge in [-0.3, -0.25) is 0 Å². The van der Waals surface area contributed by atoms with Crippen LogP contribution in [0.1, 0.15) is 23.9 Å². The van der Waals surface area contributed by atoms with Gasteiger partial charge in [0.1, 0.15) is 11.3 Å². The second-order valence-corrected chi connectivity index (χ2v) is 5.00. The van der Waals surface area contributed by atoms with E-state index in [1.165, 1.54) is 0 Å². The van der Waals surface area contributed by atoms with E-state index >= 15 is 0 Å². The van der Waals surface area contributed by atoms with Crippen molar-refractivity contribution in [2.45, 2.75) is 18.8 Å². The zero-order valence-electron chi connectivity index (χ0n) is 11.1. The molecule has 0 amide bonds. The number of pyridine rings is 1. The van der Waals surface area contributed by atoms with Crippen molar-refractivity contribution in [2.24, 2.45) is 0 Å². The lowest BCUT2D eigenvalue weighted by molar-refractivity contribution is 0.375. The van der Waals surface area contributed by atoms with Crippen molar-refractivity contribution in [3.05, 3.63) is 36.0 Å². The molecule has 0 bridgehead atoms. The van der Waals surface area contributed by atoms with Gasteiger partial charge in [0, 0.05) is 12.1 Å². The van der Waals surface area contributed by atoms with E-state index in [-0.39, 0.29) is 5.38 Å². The van der Waals surface area contributed by atoms with Gasteiger partial charge in [-0.1, -0.05) is 5.16 Å². The minimum atomic E-state index is -0.238. The van der Waals surface area contributed by atoms with Gasteiger partial charge < -0.3 is 13.8 Å². The molecule has 3 aromatic rings. The number of nitrogens with zero attached hydrogens (tertiary/aromatic N) is 4. The van der Waals surface area contributed by atoms with Crippen molar-refractivity contribution in [2.75, 3.05) is 7.11 Å². The minimum Gasteiger partial charge on any atom is -0.481 e. The summed E-state index contributed by atoms with van der Waals surface area (Å²) >= 11 is 6.21. The number of ether oxygens (including phenoxy) is 1. The summed E-state index contributed by atoms with van der Waals surface area (Å²) in [7, 11) is 1.58. The average molecular weight is 293 g/mol. The fraction of sp³-hybridized carbons (Fsp3) is 0.308. The molecule has 3 aromatic heterocycles. The highest BCUT2D eigenvalue weighted by Crippen LogP contribution is 2.25. The number of methoxy groups -OCH3 is 1. The molecule has 0 spiro atoms. The Morgan fingerprint density at radius 3 is 2.85 bits per heavy atom. The zero-order chi connectivity index (χ0) is 14.1. The molecular weight excluding hydrogens is 280 g/mol. The van der Waals surface area contributed by atoms with E-state index in [1.54, 1.807) is 25.4 Å². The molecule has 0 aliphatic carbocycles. The molecule has 104 valence electrons. The van der Waals surface area contributed by atoms with Crippen molar-refractivity contribution in [1.82, 2.24) is 19.7 Å². The summed E-state index contributed by atoms with van der Waals surface area (Å²) < 4.78 is 12.2. The van der Waals surface area contributed by atoms with Crippen LogP contribution in [0.25, 0.3) is 11.2 Å². The highest BCUT2D eigenvalue weighted by Gasteiger charge is 2.17. The van der Waals surface area contributed by atoms with Crippen LogP contribution in [0.5, 0.6) is 5.88 Å². The van der Waals surface area contributed by atoms with Gasteiger partial charge in [-0.15, -0.1) is 11.6 Å². The first-order valence-corrected chi connectivity index (χ1v) is 6.57. The van der Waals surface area contributed by atoms with Gasteiger partial charge in [-0.25, -0.2) is 4.98 Å². The number of rotatable bonds is 4. The van der Waals surface area contributed by atoms with Gasteiger partial charge in [0.25, 0.3) is 0 Å². The van der Waals surface area contributed by atoms with Crippen LogP contribution in [0.4, 0.5) is 0 Å². The molecular formula is C13H13ClN4O2. The van der Waals surface area contributed by atoms with Gasteiger partial charge in [0.2, 0.25) is 5.88 Å². The zero-order valence-corrected chi connectivity index (χ0v) is 11.8. The van der Waals surface area contributed by atoms with Gasteiger partial charge in [0.05, 0.1) is 25.2 Å². The number of halogens is 1. The lowest BCUT2D eigenvalue weighted by atomic mass is 10.4. The molecule has 3 rings (SSSR count). The second kappa shape index (κ2) is 5.13. The summed E-state index contributed by atoms with van der Waals surface area (Å²) in [5.41, 5.74) is 1.48. The monoisotopic (exact) mass is 292 g/mol. The standard InChI is InChI=1S/C13H13ClN4O2/c1-8(14)12-16-10-3-4-11(19-2)17-13(10)18(12)7-9-5-6-15-20-9/h3-6,8H,7H2,1-2H3. The number of hydrogen-bond donors (Lipinski definition) is 0. The van der Waals surface area contributed by atoms with E-state index in [2.05, 4.69) is 15.1 Å². The van der Waals surface area contributed by atoms with Gasteiger partial charge in [-0.2, -0.15) is 4.98 Å². The van der Waals surface area contributed by atoms with Crippen molar-refractivity contribution in [3.63, 3.8) is 0 Å². The van der Waals surface area contributed by atoms with Crippen molar-refractivity contribution >= 4 is 22.8 Å². The van der Waals surface area contributed by atoms with Crippen molar-refractivity contribution in [3.8, 4) is 5.88 Å². The molecule has 0 aliphatic heterocycles. The van der Waals surface area contributed by atoms with E-state index in [0.717, 1.165) is 11.3 Å². The molecule has 0 saturated carbocycles. The topological polar surface area (TPSA) is 66.0 Å². The van der Waals surface area contributed by atoms with Crippen LogP contribution in [0.3, 0.4) is 0 Å². The van der Waals surface area contributed by atoms with E-state index in [4.69, 9.17) is 20.9 Å². The fourth-order valence-electron chi connectivity index (χ4n) is 2.05. The molecule has 7 heteroatoms. The Hall–Kier alpha value is -2.08. The Balaban J connectivity index is 2.16. The number of fused-ring (bicyclic) bond motifs is 1. The summed E-state index contributed by atoms with van der Waals surface area (Å²) in [5.74, 6) is 1.98. The molecule has 20 heavy (non-hydrogen) atoms. The molecule has 0 radical (unpaired) electrons. The Bertz CT molecular complexity index is 721. The Kier molecular flexibility index (Phi) is 3.31. The summed E-state index contributed by atoms with van der Waals surface area (Å²) in [5, 5.41) is 3.47. The molecule has 0 saturated heterocycles. The Labute approximate surface area is 120 Å². The molecule has 0 aliphatic rings. The largest absolute Gasteiger partial charge is 0.481 e. The first kappa shape index (κ1) is 12.9. The maximum Gasteiger partial charge on any atom is 0.215 e. The second-order valence-electron chi connectivity index (χ2n) is 4.35. The predicted octanol–water partition coefficient (Wildman–Crippen LogP) is 2.78. The SMILES string of the molecule is COc1ccc2nc(C(C)Cl)n(Cc3ccno3)c2n1. The summed E-state index contributed by atoms with van der Waals surface area (Å²) in [6, 6.07) is 5.44. The van der Waals surface area contributed by atoms with Gasteiger partial charge in [-0.05, 0) is 13.0 Å². The molecule has 0 N–H and O–H groups in total. The summed E-state index contributed by atoms with van der Waals surface area (Å²) in [6.07, 6.45) is 1.60. The molecule has 3 heterocycles. The number of aromatic nitrogens is 4. The number of hydrogen-bond acceptors (Lipinski definition) is 5. The van der Waals surface area contributed by atoms with Gasteiger partial charge in [0.15, 0.2) is 11.4 Å². The highest BCUT2D eigenvalue weighted by molar-refractivity contribution is 6.20. The fourth-order valence-corrected chi connectivity index (χ4v) is 2.22. The summed E-state index contributed by atoms with van der Waals surface area (Å²) in [4.78, 5) is 8.95. The average Bonchev–Trinajstić information content (AvgIpc) is 3.07. The lowest BCUT2D eigenvalue weighted by Gasteiger charge is -2.08. The first-order chi connectivity index (χ1) is 9.69. The highest BCUT2D eigenvalue weighted by atomic mass is 35.5. The quantitative estimate of drug-likeness (QED) is 0.692. The number of imidazole rings is 1. The minimum absolute atomic E-state index is 0.238. The van der Waals surface area contributed by atoms with Crippen molar-refractivity contribution in [1.29, 1.82) is 0 Å². The van der Waals surface area contributed by atoms with Crippen LogP contribution in [0.2, 0.25) is 0 Å². The molecule has 6 nitrogen and oxygen atoms in total. The van der Waals surface area contributed by atoms with E-state index in [1.807, 2.05) is 17.6 Å².